The fraction of sp³-hybridized carbons (Fsp3) is 0.867. The van der Waals surface area contributed by atoms with Crippen molar-refractivity contribution in [2.45, 2.75) is 53.2 Å². The van der Waals surface area contributed by atoms with Crippen LogP contribution >= 0.6 is 0 Å². The number of hydrogen-bond acceptors (Lipinski definition) is 3. The molecule has 0 aromatic rings. The van der Waals surface area contributed by atoms with E-state index in [1.165, 1.54) is 0 Å². The molecule has 1 aliphatic rings. The van der Waals surface area contributed by atoms with Gasteiger partial charge in [-0.2, -0.15) is 0 Å². The van der Waals surface area contributed by atoms with Crippen molar-refractivity contribution in [3.05, 3.63) is 0 Å². The zero-order chi connectivity index (χ0) is 16.2. The summed E-state index contributed by atoms with van der Waals surface area (Å²) in [4.78, 5) is 23.0. The summed E-state index contributed by atoms with van der Waals surface area (Å²) < 4.78 is 5.62. The van der Waals surface area contributed by atoms with Gasteiger partial charge in [0.15, 0.2) is 0 Å². The number of carbonyl (C=O) groups excluding carboxylic acids is 1. The van der Waals surface area contributed by atoms with Crippen molar-refractivity contribution >= 4 is 12.0 Å². The second-order valence-electron chi connectivity index (χ2n) is 6.60. The molecule has 122 valence electrons. The molecule has 3 unspecified atom stereocenters. The Hall–Kier alpha value is -1.30. The molecule has 1 fully saturated rings. The molecule has 0 heterocycles. The molecule has 0 saturated heterocycles. The predicted molar refractivity (Wildman–Crippen MR) is 80.1 cm³/mol. The Morgan fingerprint density at radius 3 is 2.43 bits per heavy atom. The van der Waals surface area contributed by atoms with Gasteiger partial charge in [-0.1, -0.05) is 27.7 Å². The minimum Gasteiger partial charge on any atom is -0.481 e. The largest absolute Gasteiger partial charge is 0.481 e. The van der Waals surface area contributed by atoms with Gasteiger partial charge < -0.3 is 20.5 Å². The van der Waals surface area contributed by atoms with Crippen molar-refractivity contribution < 1.29 is 19.4 Å². The van der Waals surface area contributed by atoms with Crippen LogP contribution in [0.15, 0.2) is 0 Å². The van der Waals surface area contributed by atoms with Crippen LogP contribution in [0, 0.1) is 17.3 Å². The molecule has 21 heavy (non-hydrogen) atoms. The van der Waals surface area contributed by atoms with Gasteiger partial charge in [0.1, 0.15) is 0 Å². The Balaban J connectivity index is 2.40. The zero-order valence-corrected chi connectivity index (χ0v) is 13.6. The molecule has 0 aromatic heterocycles. The molecule has 3 N–H and O–H groups in total. The first-order chi connectivity index (χ1) is 9.70. The molecule has 0 spiro atoms. The normalized spacial score (nSPS) is 25.0. The van der Waals surface area contributed by atoms with Crippen molar-refractivity contribution in [3.8, 4) is 0 Å². The van der Waals surface area contributed by atoms with Crippen LogP contribution < -0.4 is 10.6 Å². The number of hydrogen-bond donors (Lipinski definition) is 3. The Labute approximate surface area is 126 Å². The van der Waals surface area contributed by atoms with Gasteiger partial charge in [-0.25, -0.2) is 4.79 Å². The molecule has 2 amide bonds. The molecule has 1 rings (SSSR count). The maximum absolute atomic E-state index is 11.9. The van der Waals surface area contributed by atoms with E-state index in [-0.39, 0.29) is 36.1 Å². The lowest BCUT2D eigenvalue weighted by Gasteiger charge is -2.51. The highest BCUT2D eigenvalue weighted by atomic mass is 16.5. The lowest BCUT2D eigenvalue weighted by Crippen LogP contribution is -2.63. The van der Waals surface area contributed by atoms with E-state index in [9.17, 15) is 9.59 Å². The summed E-state index contributed by atoms with van der Waals surface area (Å²) in [5.74, 6) is -1.47. The molecule has 0 radical (unpaired) electrons. The Bertz CT molecular complexity index is 382. The number of urea groups is 1. The monoisotopic (exact) mass is 300 g/mol. The average molecular weight is 300 g/mol. The smallest absolute Gasteiger partial charge is 0.315 e. The third kappa shape index (κ3) is 4.33. The van der Waals surface area contributed by atoms with Gasteiger partial charge in [-0.3, -0.25) is 4.79 Å². The second kappa shape index (κ2) is 7.11. The average Bonchev–Trinajstić information content (AvgIpc) is 2.37. The lowest BCUT2D eigenvalue weighted by molar-refractivity contribution is -0.142. The van der Waals surface area contributed by atoms with E-state index in [1.807, 2.05) is 20.8 Å². The summed E-state index contributed by atoms with van der Waals surface area (Å²) in [5.41, 5.74) is -0.0996. The molecule has 1 aliphatic carbocycles. The first-order valence-corrected chi connectivity index (χ1v) is 7.58. The predicted octanol–water partition coefficient (Wildman–Crippen LogP) is 1.85. The van der Waals surface area contributed by atoms with Crippen molar-refractivity contribution in [2.75, 3.05) is 13.2 Å². The van der Waals surface area contributed by atoms with E-state index in [1.54, 1.807) is 0 Å². The number of aliphatic carboxylic acids is 1. The van der Waals surface area contributed by atoms with E-state index >= 15 is 0 Å². The summed E-state index contributed by atoms with van der Waals surface area (Å²) >= 11 is 0. The Kier molecular flexibility index (Phi) is 6.01. The number of carboxylic acids is 1. The fourth-order valence-corrected chi connectivity index (χ4v) is 2.63. The number of carboxylic acid groups (broad SMARTS) is 1. The van der Waals surface area contributed by atoms with E-state index in [2.05, 4.69) is 24.5 Å². The van der Waals surface area contributed by atoms with Crippen LogP contribution in [0.4, 0.5) is 4.79 Å². The number of carbonyl (C=O) groups is 2. The summed E-state index contributed by atoms with van der Waals surface area (Å²) in [7, 11) is 0. The van der Waals surface area contributed by atoms with Crippen molar-refractivity contribution in [1.29, 1.82) is 0 Å². The highest BCUT2D eigenvalue weighted by Gasteiger charge is 2.49. The quantitative estimate of drug-likeness (QED) is 0.669. The van der Waals surface area contributed by atoms with Crippen LogP contribution in [0.5, 0.6) is 0 Å². The SMILES string of the molecule is CCOC1CC(NC(=O)NCC(C(=O)O)C(C)C)C1(C)C. The maximum atomic E-state index is 11.9. The summed E-state index contributed by atoms with van der Waals surface area (Å²) in [6.45, 7) is 10.6. The fourth-order valence-electron chi connectivity index (χ4n) is 2.63. The number of nitrogens with one attached hydrogen (secondary N) is 2. The van der Waals surface area contributed by atoms with Gasteiger partial charge >= 0.3 is 12.0 Å². The molecule has 6 heteroatoms. The zero-order valence-electron chi connectivity index (χ0n) is 13.6. The van der Waals surface area contributed by atoms with Crippen LogP contribution in [0.1, 0.15) is 41.0 Å². The molecular weight excluding hydrogens is 272 g/mol. The van der Waals surface area contributed by atoms with Crippen molar-refractivity contribution in [3.63, 3.8) is 0 Å². The Morgan fingerprint density at radius 2 is 2.00 bits per heavy atom. The minimum atomic E-state index is -0.884. The first-order valence-electron chi connectivity index (χ1n) is 7.58. The van der Waals surface area contributed by atoms with Crippen molar-refractivity contribution in [2.24, 2.45) is 17.3 Å². The van der Waals surface area contributed by atoms with Gasteiger partial charge in [0.2, 0.25) is 0 Å². The number of ether oxygens (including phenoxy) is 1. The second-order valence-corrected chi connectivity index (χ2v) is 6.60. The summed E-state index contributed by atoms with van der Waals surface area (Å²) in [5, 5.41) is 14.6. The maximum Gasteiger partial charge on any atom is 0.315 e. The number of amides is 2. The molecule has 0 aromatic carbocycles. The highest BCUT2D eigenvalue weighted by Crippen LogP contribution is 2.42. The van der Waals surface area contributed by atoms with Crippen LogP contribution in [0.3, 0.4) is 0 Å². The van der Waals surface area contributed by atoms with Gasteiger partial charge in [-0.05, 0) is 19.3 Å². The van der Waals surface area contributed by atoms with E-state index in [0.29, 0.717) is 6.61 Å². The summed E-state index contributed by atoms with van der Waals surface area (Å²) in [6.07, 6.45) is 0.955. The van der Waals surface area contributed by atoms with Crippen LogP contribution in [0.2, 0.25) is 0 Å². The topological polar surface area (TPSA) is 87.7 Å². The molecular formula is C15H28N2O4. The van der Waals surface area contributed by atoms with Gasteiger partial charge in [0.25, 0.3) is 0 Å². The third-order valence-electron chi connectivity index (χ3n) is 4.46. The minimum absolute atomic E-state index is 0.0229. The van der Waals surface area contributed by atoms with Crippen LogP contribution in [-0.2, 0) is 9.53 Å². The molecule has 6 nitrogen and oxygen atoms in total. The van der Waals surface area contributed by atoms with Crippen molar-refractivity contribution in [1.82, 2.24) is 10.6 Å². The van der Waals surface area contributed by atoms with E-state index in [0.717, 1.165) is 6.42 Å². The summed E-state index contributed by atoms with van der Waals surface area (Å²) in [6, 6.07) is -0.258. The molecule has 3 atom stereocenters. The molecule has 0 bridgehead atoms. The van der Waals surface area contributed by atoms with E-state index < -0.39 is 11.9 Å². The van der Waals surface area contributed by atoms with Crippen LogP contribution in [-0.4, -0.2) is 42.4 Å². The standard InChI is InChI=1S/C15H28N2O4/c1-6-21-12-7-11(15(12,4)5)17-14(20)16-8-10(9(2)3)13(18)19/h9-12H,6-8H2,1-5H3,(H,18,19)(H2,16,17,20). The number of rotatable bonds is 7. The highest BCUT2D eigenvalue weighted by molar-refractivity contribution is 5.76. The molecule has 0 aliphatic heterocycles. The molecule has 1 saturated carbocycles. The lowest BCUT2D eigenvalue weighted by atomic mass is 9.64. The Morgan fingerprint density at radius 1 is 1.38 bits per heavy atom. The van der Waals surface area contributed by atoms with Gasteiger partial charge in [0, 0.05) is 24.6 Å². The van der Waals surface area contributed by atoms with E-state index in [4.69, 9.17) is 9.84 Å². The third-order valence-corrected chi connectivity index (χ3v) is 4.46. The van der Waals surface area contributed by atoms with Gasteiger partial charge in [0.05, 0.1) is 12.0 Å². The first kappa shape index (κ1) is 17.8. The van der Waals surface area contributed by atoms with Crippen LogP contribution in [0.25, 0.3) is 0 Å². The van der Waals surface area contributed by atoms with Gasteiger partial charge in [-0.15, -0.1) is 0 Å².